The zero-order chi connectivity index (χ0) is 11.5. The van der Waals surface area contributed by atoms with Gasteiger partial charge in [0.1, 0.15) is 10.8 Å². The first-order valence-corrected chi connectivity index (χ1v) is 4.97. The van der Waals surface area contributed by atoms with Gasteiger partial charge >= 0.3 is 0 Å². The first-order chi connectivity index (χ1) is 7.72. The summed E-state index contributed by atoms with van der Waals surface area (Å²) in [7, 11) is 1.52. The van der Waals surface area contributed by atoms with E-state index in [0.29, 0.717) is 11.4 Å². The van der Waals surface area contributed by atoms with Gasteiger partial charge in [0.25, 0.3) is 5.56 Å². The molecule has 0 aliphatic heterocycles. The van der Waals surface area contributed by atoms with Gasteiger partial charge in [0.05, 0.1) is 25.2 Å². The largest absolute Gasteiger partial charge is 0.495 e. The van der Waals surface area contributed by atoms with Crippen LogP contribution in [0.25, 0.3) is 5.69 Å². The summed E-state index contributed by atoms with van der Waals surface area (Å²) in [5, 5.41) is 0.114. The molecule has 0 N–H and O–H groups in total. The van der Waals surface area contributed by atoms with Crippen LogP contribution in [0.3, 0.4) is 0 Å². The number of aromatic nitrogens is 2. The number of ether oxygens (including phenoxy) is 1. The molecular formula is C11H9ClN2O2. The second-order valence-electron chi connectivity index (χ2n) is 3.11. The van der Waals surface area contributed by atoms with E-state index in [4.69, 9.17) is 16.3 Å². The van der Waals surface area contributed by atoms with Crippen molar-refractivity contribution in [2.24, 2.45) is 0 Å². The Kier molecular flexibility index (Phi) is 2.92. The van der Waals surface area contributed by atoms with Gasteiger partial charge < -0.3 is 4.74 Å². The summed E-state index contributed by atoms with van der Waals surface area (Å²) in [6.07, 6.45) is 4.79. The lowest BCUT2D eigenvalue weighted by atomic mass is 10.3. The van der Waals surface area contributed by atoms with Crippen LogP contribution in [0.2, 0.25) is 5.02 Å². The minimum atomic E-state index is -0.296. The Morgan fingerprint density at radius 2 is 2.31 bits per heavy atom. The molecule has 0 spiro atoms. The third kappa shape index (κ3) is 1.92. The molecule has 2 heterocycles. The topological polar surface area (TPSA) is 44.1 Å². The van der Waals surface area contributed by atoms with E-state index < -0.39 is 0 Å². The maximum Gasteiger partial charge on any atom is 0.274 e. The Balaban J connectivity index is 2.65. The van der Waals surface area contributed by atoms with E-state index in [0.717, 1.165) is 0 Å². The van der Waals surface area contributed by atoms with Crippen LogP contribution in [-0.2, 0) is 0 Å². The average molecular weight is 237 g/mol. The second-order valence-corrected chi connectivity index (χ2v) is 3.52. The van der Waals surface area contributed by atoms with Crippen molar-refractivity contribution in [3.63, 3.8) is 0 Å². The quantitative estimate of drug-likeness (QED) is 0.800. The number of halogens is 1. The maximum atomic E-state index is 11.8. The molecule has 0 saturated heterocycles. The lowest BCUT2D eigenvalue weighted by Gasteiger charge is -2.07. The zero-order valence-corrected chi connectivity index (χ0v) is 9.31. The van der Waals surface area contributed by atoms with Gasteiger partial charge in [-0.2, -0.15) is 0 Å². The number of hydrogen-bond acceptors (Lipinski definition) is 3. The molecule has 0 aliphatic carbocycles. The highest BCUT2D eigenvalue weighted by Gasteiger charge is 2.06. The molecule has 2 rings (SSSR count). The van der Waals surface area contributed by atoms with Crippen LogP contribution in [-0.4, -0.2) is 16.7 Å². The molecule has 0 aliphatic rings. The van der Waals surface area contributed by atoms with Gasteiger partial charge in [-0.15, -0.1) is 0 Å². The predicted octanol–water partition coefficient (Wildman–Crippen LogP) is 1.89. The fraction of sp³-hybridized carbons (Fsp3) is 0.0909. The van der Waals surface area contributed by atoms with Crippen LogP contribution in [0.5, 0.6) is 5.75 Å². The van der Waals surface area contributed by atoms with Gasteiger partial charge in [0, 0.05) is 12.3 Å². The van der Waals surface area contributed by atoms with Crippen molar-refractivity contribution in [3.8, 4) is 11.4 Å². The van der Waals surface area contributed by atoms with Crippen LogP contribution in [0.4, 0.5) is 0 Å². The molecule has 0 aromatic carbocycles. The van der Waals surface area contributed by atoms with Crippen molar-refractivity contribution in [2.75, 3.05) is 7.11 Å². The van der Waals surface area contributed by atoms with Crippen LogP contribution in [0.1, 0.15) is 0 Å². The molecule has 5 heteroatoms. The first kappa shape index (κ1) is 10.7. The lowest BCUT2D eigenvalue weighted by molar-refractivity contribution is 0.411. The van der Waals surface area contributed by atoms with E-state index in [1.807, 2.05) is 0 Å². The highest BCUT2D eigenvalue weighted by Crippen LogP contribution is 2.15. The molecule has 2 aromatic heterocycles. The fourth-order valence-corrected chi connectivity index (χ4v) is 1.52. The Bertz CT molecular complexity index is 552. The fourth-order valence-electron chi connectivity index (χ4n) is 1.32. The predicted molar refractivity (Wildman–Crippen MR) is 61.4 cm³/mol. The summed E-state index contributed by atoms with van der Waals surface area (Å²) in [6, 6.07) is 5.00. The van der Waals surface area contributed by atoms with Gasteiger partial charge in [0.2, 0.25) is 0 Å². The minimum Gasteiger partial charge on any atom is -0.495 e. The van der Waals surface area contributed by atoms with Crippen LogP contribution >= 0.6 is 11.6 Å². The highest BCUT2D eigenvalue weighted by atomic mass is 35.5. The van der Waals surface area contributed by atoms with Crippen molar-refractivity contribution < 1.29 is 4.74 Å². The normalized spacial score (nSPS) is 10.1. The third-order valence-electron chi connectivity index (χ3n) is 2.11. The van der Waals surface area contributed by atoms with Crippen LogP contribution in [0.15, 0.2) is 41.6 Å². The van der Waals surface area contributed by atoms with E-state index >= 15 is 0 Å². The van der Waals surface area contributed by atoms with Gasteiger partial charge in [0.15, 0.2) is 0 Å². The van der Waals surface area contributed by atoms with Crippen molar-refractivity contribution in [3.05, 3.63) is 52.2 Å². The number of nitrogens with zero attached hydrogens (tertiary/aromatic N) is 2. The SMILES string of the molecule is COc1cc(Cl)c(=O)n(-c2cccnc2)c1. The highest BCUT2D eigenvalue weighted by molar-refractivity contribution is 6.30. The van der Waals surface area contributed by atoms with Crippen molar-refractivity contribution in [2.45, 2.75) is 0 Å². The molecule has 4 nitrogen and oxygen atoms in total. The van der Waals surface area contributed by atoms with Gasteiger partial charge in [-0.3, -0.25) is 14.3 Å². The molecule has 2 aromatic rings. The summed E-state index contributed by atoms with van der Waals surface area (Å²) in [5.74, 6) is 0.522. The Morgan fingerprint density at radius 3 is 2.94 bits per heavy atom. The minimum absolute atomic E-state index is 0.114. The monoisotopic (exact) mass is 236 g/mol. The standard InChI is InChI=1S/C11H9ClN2O2/c1-16-9-5-10(12)11(15)14(7-9)8-3-2-4-13-6-8/h2-7H,1H3. The summed E-state index contributed by atoms with van der Waals surface area (Å²) in [6.45, 7) is 0. The Labute approximate surface area is 97.1 Å². The summed E-state index contributed by atoms with van der Waals surface area (Å²) in [4.78, 5) is 15.7. The molecule has 16 heavy (non-hydrogen) atoms. The van der Waals surface area contributed by atoms with Gasteiger partial charge in [-0.1, -0.05) is 11.6 Å². The second kappa shape index (κ2) is 4.37. The number of pyridine rings is 2. The first-order valence-electron chi connectivity index (χ1n) is 4.59. The third-order valence-corrected chi connectivity index (χ3v) is 2.38. The molecule has 0 radical (unpaired) electrons. The molecule has 0 amide bonds. The molecule has 0 saturated carbocycles. The zero-order valence-electron chi connectivity index (χ0n) is 8.55. The smallest absolute Gasteiger partial charge is 0.274 e. The molecule has 0 fully saturated rings. The Morgan fingerprint density at radius 1 is 1.50 bits per heavy atom. The van der Waals surface area contributed by atoms with Gasteiger partial charge in [-0.05, 0) is 12.1 Å². The Hall–Kier alpha value is -1.81. The molecule has 0 bridgehead atoms. The summed E-state index contributed by atoms with van der Waals surface area (Å²) in [5.41, 5.74) is 0.351. The number of hydrogen-bond donors (Lipinski definition) is 0. The summed E-state index contributed by atoms with van der Waals surface area (Å²) < 4.78 is 6.44. The van der Waals surface area contributed by atoms with E-state index in [-0.39, 0.29) is 10.6 Å². The van der Waals surface area contributed by atoms with E-state index in [1.165, 1.54) is 17.7 Å². The molecule has 0 unspecified atom stereocenters. The van der Waals surface area contributed by atoms with E-state index in [9.17, 15) is 4.79 Å². The number of methoxy groups -OCH3 is 1. The van der Waals surface area contributed by atoms with E-state index in [2.05, 4.69) is 4.98 Å². The maximum absolute atomic E-state index is 11.8. The molecule has 0 atom stereocenters. The molecular weight excluding hydrogens is 228 g/mol. The van der Waals surface area contributed by atoms with Crippen LogP contribution in [0, 0.1) is 0 Å². The van der Waals surface area contributed by atoms with E-state index in [1.54, 1.807) is 30.7 Å². The summed E-state index contributed by atoms with van der Waals surface area (Å²) >= 11 is 5.81. The number of rotatable bonds is 2. The lowest BCUT2D eigenvalue weighted by Crippen LogP contribution is -2.18. The van der Waals surface area contributed by atoms with Crippen LogP contribution < -0.4 is 10.3 Å². The van der Waals surface area contributed by atoms with Crippen molar-refractivity contribution in [1.29, 1.82) is 0 Å². The molecule has 82 valence electrons. The average Bonchev–Trinajstić information content (AvgIpc) is 2.33. The van der Waals surface area contributed by atoms with Gasteiger partial charge in [-0.25, -0.2) is 0 Å². The van der Waals surface area contributed by atoms with Crippen molar-refractivity contribution >= 4 is 11.6 Å². The van der Waals surface area contributed by atoms with Crippen molar-refractivity contribution in [1.82, 2.24) is 9.55 Å².